The van der Waals surface area contributed by atoms with Gasteiger partial charge in [-0.05, 0) is 51.8 Å². The van der Waals surface area contributed by atoms with Crippen LogP contribution in [0, 0.1) is 12.8 Å². The molecule has 0 unspecified atom stereocenters. The number of anilines is 1. The predicted octanol–water partition coefficient (Wildman–Crippen LogP) is 4.36. The van der Waals surface area contributed by atoms with Crippen LogP contribution in [0.25, 0.3) is 11.4 Å². The molecule has 1 saturated heterocycles. The van der Waals surface area contributed by atoms with Crippen LogP contribution in [0.3, 0.4) is 0 Å². The molecule has 2 aliphatic rings. The lowest BCUT2D eigenvalue weighted by atomic mass is 9.91. The summed E-state index contributed by atoms with van der Waals surface area (Å²) >= 11 is 0. The minimum Gasteiger partial charge on any atom is -0.480 e. The summed E-state index contributed by atoms with van der Waals surface area (Å²) < 4.78 is 5.53. The Morgan fingerprint density at radius 2 is 1.83 bits per heavy atom. The molecule has 8 heteroatoms. The summed E-state index contributed by atoms with van der Waals surface area (Å²) in [5.41, 5.74) is 2.30. The third-order valence-corrected chi connectivity index (χ3v) is 7.24. The van der Waals surface area contributed by atoms with Gasteiger partial charge in [-0.2, -0.15) is 4.98 Å². The number of piperidine rings is 1. The maximum Gasteiger partial charge on any atom is 0.254 e. The lowest BCUT2D eigenvalue weighted by Crippen LogP contribution is -2.41. The minimum absolute atomic E-state index is 0.191. The molecular formula is C27H42N6O2. The number of nitrogens with zero attached hydrogens (tertiary/aromatic N) is 4. The zero-order chi connectivity index (χ0) is 25.4. The summed E-state index contributed by atoms with van der Waals surface area (Å²) in [6.45, 7) is 7.83. The van der Waals surface area contributed by atoms with Crippen LogP contribution < -0.4 is 20.5 Å². The summed E-state index contributed by atoms with van der Waals surface area (Å²) in [6, 6.07) is 4.42. The summed E-state index contributed by atoms with van der Waals surface area (Å²) in [4.78, 5) is 31.0. The smallest absolute Gasteiger partial charge is 0.254 e. The predicted molar refractivity (Wildman–Crippen MR) is 144 cm³/mol. The molecule has 0 spiro atoms. The molecule has 1 aliphatic heterocycles. The molecule has 8 nitrogen and oxygen atoms in total. The molecule has 3 heterocycles. The second-order valence-electron chi connectivity index (χ2n) is 9.72. The molecule has 2 aromatic rings. The van der Waals surface area contributed by atoms with Crippen molar-refractivity contribution in [3.63, 3.8) is 0 Å². The first-order valence-electron chi connectivity index (χ1n) is 12.9. The van der Waals surface area contributed by atoms with Gasteiger partial charge in [0.1, 0.15) is 11.6 Å². The number of H-pyrrole nitrogens is 1. The van der Waals surface area contributed by atoms with E-state index in [1.807, 2.05) is 26.1 Å². The molecule has 2 N–H and O–H groups in total. The summed E-state index contributed by atoms with van der Waals surface area (Å²) in [6.07, 6.45) is 9.59. The van der Waals surface area contributed by atoms with Gasteiger partial charge in [0.2, 0.25) is 5.88 Å². The Morgan fingerprint density at radius 1 is 1.14 bits per heavy atom. The van der Waals surface area contributed by atoms with Gasteiger partial charge in [-0.3, -0.25) is 9.79 Å². The monoisotopic (exact) mass is 482 g/mol. The molecule has 2 fully saturated rings. The zero-order valence-electron chi connectivity index (χ0n) is 22.3. The van der Waals surface area contributed by atoms with Gasteiger partial charge in [0.25, 0.3) is 5.56 Å². The second kappa shape index (κ2) is 12.8. The lowest BCUT2D eigenvalue weighted by molar-refractivity contribution is 0.385. The fraction of sp³-hybridized carbons (Fsp3) is 0.630. The van der Waals surface area contributed by atoms with Crippen molar-refractivity contribution < 1.29 is 4.74 Å². The number of hydrogen-bond donors (Lipinski definition) is 2. The van der Waals surface area contributed by atoms with Gasteiger partial charge < -0.3 is 19.9 Å². The molecule has 1 aliphatic carbocycles. The number of methoxy groups -OCH3 is 1. The Bertz CT molecular complexity index is 1050. The Balaban J connectivity index is 0.000000420. The first kappa shape index (κ1) is 26.9. The van der Waals surface area contributed by atoms with Crippen molar-refractivity contribution in [2.75, 3.05) is 39.2 Å². The Labute approximate surface area is 209 Å². The van der Waals surface area contributed by atoms with Crippen molar-refractivity contribution in [1.29, 1.82) is 0 Å². The van der Waals surface area contributed by atoms with Gasteiger partial charge >= 0.3 is 0 Å². The Kier molecular flexibility index (Phi) is 9.83. The van der Waals surface area contributed by atoms with E-state index >= 15 is 0 Å². The van der Waals surface area contributed by atoms with Crippen molar-refractivity contribution in [1.82, 2.24) is 20.3 Å². The molecule has 192 valence electrons. The highest BCUT2D eigenvalue weighted by Crippen LogP contribution is 2.29. The first-order chi connectivity index (χ1) is 16.9. The van der Waals surface area contributed by atoms with E-state index in [1.165, 1.54) is 32.1 Å². The first-order valence-corrected chi connectivity index (χ1v) is 12.9. The van der Waals surface area contributed by atoms with Crippen molar-refractivity contribution in [3.8, 4) is 17.3 Å². The molecule has 0 aromatic carbocycles. The number of rotatable bonds is 5. The van der Waals surface area contributed by atoms with Crippen molar-refractivity contribution >= 4 is 11.5 Å². The van der Waals surface area contributed by atoms with Gasteiger partial charge in [-0.15, -0.1) is 0 Å². The number of aromatic nitrogens is 3. The molecular weight excluding hydrogens is 440 g/mol. The highest BCUT2D eigenvalue weighted by molar-refractivity contribution is 5.98. The summed E-state index contributed by atoms with van der Waals surface area (Å²) in [5.74, 6) is 2.78. The summed E-state index contributed by atoms with van der Waals surface area (Å²) in [5, 5.41) is 3.33. The number of aliphatic imine (C=N–C) groups is 1. The number of pyridine rings is 1. The van der Waals surface area contributed by atoms with Crippen LogP contribution in [-0.4, -0.2) is 61.0 Å². The van der Waals surface area contributed by atoms with Crippen LogP contribution in [0.4, 0.5) is 5.82 Å². The molecule has 1 saturated carbocycles. The normalized spacial score (nSPS) is 17.7. The third-order valence-electron chi connectivity index (χ3n) is 7.24. The molecule has 0 bridgehead atoms. The second-order valence-corrected chi connectivity index (χ2v) is 9.72. The van der Waals surface area contributed by atoms with E-state index in [1.54, 1.807) is 21.1 Å². The van der Waals surface area contributed by atoms with E-state index in [0.29, 0.717) is 40.3 Å². The number of hydrogen-bond acceptors (Lipinski definition) is 7. The van der Waals surface area contributed by atoms with Crippen LogP contribution in [0.15, 0.2) is 21.9 Å². The van der Waals surface area contributed by atoms with Crippen molar-refractivity contribution in [2.45, 2.75) is 71.8 Å². The van der Waals surface area contributed by atoms with Crippen LogP contribution in [0.1, 0.15) is 70.1 Å². The number of nitrogens with one attached hydrogen (secondary N) is 2. The quantitative estimate of drug-likeness (QED) is 0.615. The molecule has 0 radical (unpaired) electrons. The van der Waals surface area contributed by atoms with Crippen molar-refractivity contribution in [2.24, 2.45) is 10.9 Å². The fourth-order valence-electron chi connectivity index (χ4n) is 4.76. The fourth-order valence-corrected chi connectivity index (χ4v) is 4.76. The maximum atomic E-state index is 12.4. The van der Waals surface area contributed by atoms with E-state index in [4.69, 9.17) is 4.74 Å². The van der Waals surface area contributed by atoms with Crippen LogP contribution in [0.2, 0.25) is 0 Å². The summed E-state index contributed by atoms with van der Waals surface area (Å²) in [7, 11) is 5.27. The minimum atomic E-state index is -0.191. The van der Waals surface area contributed by atoms with Gasteiger partial charge in [-0.1, -0.05) is 39.0 Å². The molecule has 4 rings (SSSR count). The Hall–Kier alpha value is -2.74. The van der Waals surface area contributed by atoms with Crippen LogP contribution >= 0.6 is 0 Å². The topological polar surface area (TPSA) is 95.5 Å². The van der Waals surface area contributed by atoms with E-state index in [9.17, 15) is 4.79 Å². The van der Waals surface area contributed by atoms with E-state index in [0.717, 1.165) is 37.7 Å². The standard InChI is InChI=1S/C20H28N6O2.C7H14/c1-12-17(13(2)21-3)24-18(25-19(12)27)15-6-7-16(23-20(15)28-5)26-10-8-14(22-4)9-11-26;1-7-5-3-2-4-6-7/h6-7,14,22H,8-11H2,1-5H3,(H,24,25,27);7H,2-6H2,1H3. The van der Waals surface area contributed by atoms with Gasteiger partial charge in [0.15, 0.2) is 0 Å². The molecule has 35 heavy (non-hydrogen) atoms. The number of aromatic amines is 1. The molecule has 0 amide bonds. The van der Waals surface area contributed by atoms with Gasteiger partial charge in [0, 0.05) is 31.7 Å². The van der Waals surface area contributed by atoms with Crippen LogP contribution in [0.5, 0.6) is 5.88 Å². The zero-order valence-corrected chi connectivity index (χ0v) is 22.3. The highest BCUT2D eigenvalue weighted by atomic mass is 16.5. The highest BCUT2D eigenvalue weighted by Gasteiger charge is 2.21. The van der Waals surface area contributed by atoms with E-state index < -0.39 is 0 Å². The van der Waals surface area contributed by atoms with E-state index in [-0.39, 0.29) is 5.56 Å². The number of ether oxygens (including phenoxy) is 1. The maximum absolute atomic E-state index is 12.4. The van der Waals surface area contributed by atoms with Gasteiger partial charge in [-0.25, -0.2) is 4.98 Å². The third kappa shape index (κ3) is 6.90. The molecule has 2 aromatic heterocycles. The van der Waals surface area contributed by atoms with E-state index in [2.05, 4.69) is 37.1 Å². The van der Waals surface area contributed by atoms with Gasteiger partial charge in [0.05, 0.1) is 24.1 Å². The average molecular weight is 483 g/mol. The Morgan fingerprint density at radius 3 is 2.37 bits per heavy atom. The largest absolute Gasteiger partial charge is 0.480 e. The van der Waals surface area contributed by atoms with Crippen molar-refractivity contribution in [3.05, 3.63) is 33.7 Å². The van der Waals surface area contributed by atoms with Crippen LogP contribution in [-0.2, 0) is 0 Å². The average Bonchev–Trinajstić information content (AvgIpc) is 2.90. The SMILES string of the molecule is CC1CCCCC1.CN=C(C)c1nc(-c2ccc(N3CCC(NC)CC3)nc2OC)[nH]c(=O)c1C. The lowest BCUT2D eigenvalue weighted by Gasteiger charge is -2.32. The molecule has 0 atom stereocenters.